The Morgan fingerprint density at radius 3 is 2.52 bits per heavy atom. The van der Waals surface area contributed by atoms with Crippen LogP contribution >= 0.6 is 23.2 Å². The highest BCUT2D eigenvalue weighted by molar-refractivity contribution is 7.89. The van der Waals surface area contributed by atoms with Crippen LogP contribution < -0.4 is 4.74 Å². The Kier molecular flexibility index (Phi) is 7.49. The van der Waals surface area contributed by atoms with Crippen LogP contribution in [0.15, 0.2) is 41.3 Å². The van der Waals surface area contributed by atoms with Crippen LogP contribution in [-0.4, -0.2) is 54.6 Å². The summed E-state index contributed by atoms with van der Waals surface area (Å²) in [5.41, 5.74) is 0.216. The molecule has 0 aliphatic carbocycles. The molecule has 2 aliphatic heterocycles. The van der Waals surface area contributed by atoms with E-state index < -0.39 is 10.0 Å². The molecule has 7 nitrogen and oxygen atoms in total. The maximum absolute atomic E-state index is 14.0. The molecular weight excluding hydrogens is 485 g/mol. The molecule has 0 unspecified atom stereocenters. The normalized spacial score (nSPS) is 22.2. The van der Waals surface area contributed by atoms with E-state index in [1.54, 1.807) is 18.2 Å². The Hall–Kier alpha value is -1.86. The van der Waals surface area contributed by atoms with E-state index in [2.05, 4.69) is 4.90 Å². The highest BCUT2D eigenvalue weighted by Gasteiger charge is 2.41. The van der Waals surface area contributed by atoms with Gasteiger partial charge in [0.2, 0.25) is 10.0 Å². The van der Waals surface area contributed by atoms with Crippen molar-refractivity contribution in [3.05, 3.63) is 52.0 Å². The molecule has 2 aromatic rings. The molecule has 0 aromatic heterocycles. The summed E-state index contributed by atoms with van der Waals surface area (Å²) in [5, 5.41) is 19.9. The number of sulfonamides is 1. The smallest absolute Gasteiger partial charge is 0.248 e. The molecule has 4 rings (SSSR count). The minimum atomic E-state index is -4.02. The Labute approximate surface area is 204 Å². The zero-order valence-corrected chi connectivity index (χ0v) is 20.3. The second-order valence-corrected chi connectivity index (χ2v) is 11.0. The predicted octanol–water partition coefficient (Wildman–Crippen LogP) is 4.61. The van der Waals surface area contributed by atoms with Gasteiger partial charge in [0.1, 0.15) is 16.4 Å². The van der Waals surface area contributed by atoms with Gasteiger partial charge in [-0.1, -0.05) is 23.2 Å². The molecule has 2 atom stereocenters. The van der Waals surface area contributed by atoms with Gasteiger partial charge in [-0.05, 0) is 68.5 Å². The summed E-state index contributed by atoms with van der Waals surface area (Å²) in [4.78, 5) is 2.02. The van der Waals surface area contributed by atoms with E-state index in [-0.39, 0.29) is 35.0 Å². The number of aliphatic hydroxyl groups is 1. The Bertz CT molecular complexity index is 1150. The fraction of sp³-hybridized carbons (Fsp3) is 0.435. The third-order valence-electron chi connectivity index (χ3n) is 6.16. The molecule has 0 amide bonds. The van der Waals surface area contributed by atoms with Crippen LogP contribution in [0.4, 0.5) is 0 Å². The van der Waals surface area contributed by atoms with Crippen LogP contribution in [-0.2, 0) is 10.0 Å². The van der Waals surface area contributed by atoms with Crippen molar-refractivity contribution >= 4 is 33.2 Å². The Morgan fingerprint density at radius 1 is 1.06 bits per heavy atom. The number of aliphatic hydroxyl groups excluding tert-OH is 1. The van der Waals surface area contributed by atoms with Crippen LogP contribution in [0.5, 0.6) is 11.5 Å². The lowest BCUT2D eigenvalue weighted by molar-refractivity contribution is 0.0380. The quantitative estimate of drug-likeness (QED) is 0.610. The molecule has 2 aromatic carbocycles. The van der Waals surface area contributed by atoms with Gasteiger partial charge >= 0.3 is 0 Å². The SMILES string of the molecule is N#Cc1ccc(Oc2cc(Cl)cc(Cl)c2)c(S(=O)(=O)N2CCCC[C@H]2N2CCC[C@H]2CO)c1. The second-order valence-electron chi connectivity index (χ2n) is 8.29. The minimum absolute atomic E-state index is 0.00179. The summed E-state index contributed by atoms with van der Waals surface area (Å²) in [6.45, 7) is 1.10. The summed E-state index contributed by atoms with van der Waals surface area (Å²) >= 11 is 12.1. The average molecular weight is 510 g/mol. The number of rotatable bonds is 6. The standard InChI is InChI=1S/C23H25Cl2N3O4S/c24-17-11-18(25)13-20(12-17)32-21-7-6-16(14-26)10-22(21)33(30,31)28-9-2-1-5-23(28)27-8-3-4-19(27)15-29/h6-7,10-13,19,23,29H,1-5,8-9,15H2/t19-,23-/m0/s1. The maximum atomic E-state index is 14.0. The largest absolute Gasteiger partial charge is 0.456 e. The van der Waals surface area contributed by atoms with Crippen LogP contribution in [0.1, 0.15) is 37.7 Å². The van der Waals surface area contributed by atoms with Gasteiger partial charge < -0.3 is 9.84 Å². The molecule has 0 bridgehead atoms. The number of hydrogen-bond donors (Lipinski definition) is 1. The molecule has 0 spiro atoms. The van der Waals surface area contributed by atoms with Crippen molar-refractivity contribution in [3.8, 4) is 17.6 Å². The molecule has 2 fully saturated rings. The van der Waals surface area contributed by atoms with Crippen LogP contribution in [0.3, 0.4) is 0 Å². The van der Waals surface area contributed by atoms with E-state index in [0.717, 1.165) is 32.2 Å². The van der Waals surface area contributed by atoms with Crippen LogP contribution in [0.25, 0.3) is 0 Å². The summed E-state index contributed by atoms with van der Waals surface area (Å²) in [5.74, 6) is 0.389. The molecule has 2 saturated heterocycles. The minimum Gasteiger partial charge on any atom is -0.456 e. The van der Waals surface area contributed by atoms with Crippen molar-refractivity contribution in [1.82, 2.24) is 9.21 Å². The molecule has 1 N–H and O–H groups in total. The topological polar surface area (TPSA) is 93.9 Å². The number of halogens is 2. The van der Waals surface area contributed by atoms with Crippen LogP contribution in [0.2, 0.25) is 10.0 Å². The van der Waals surface area contributed by atoms with Gasteiger partial charge in [-0.15, -0.1) is 0 Å². The Balaban J connectivity index is 1.74. The number of benzene rings is 2. The highest BCUT2D eigenvalue weighted by Crippen LogP contribution is 2.37. The van der Waals surface area contributed by atoms with Crippen molar-refractivity contribution in [2.45, 2.75) is 49.2 Å². The molecule has 2 heterocycles. The van der Waals surface area contributed by atoms with Crippen molar-refractivity contribution in [1.29, 1.82) is 5.26 Å². The lowest BCUT2D eigenvalue weighted by Gasteiger charge is -2.42. The summed E-state index contributed by atoms with van der Waals surface area (Å²) in [6, 6.07) is 10.9. The highest BCUT2D eigenvalue weighted by atomic mass is 35.5. The van der Waals surface area contributed by atoms with Crippen molar-refractivity contribution in [2.24, 2.45) is 0 Å². The van der Waals surface area contributed by atoms with Gasteiger partial charge in [-0.25, -0.2) is 8.42 Å². The van der Waals surface area contributed by atoms with Crippen molar-refractivity contribution in [3.63, 3.8) is 0 Å². The van der Waals surface area contributed by atoms with Gasteiger partial charge in [0.05, 0.1) is 24.4 Å². The van der Waals surface area contributed by atoms with E-state index in [1.165, 1.54) is 22.5 Å². The number of nitrogens with zero attached hydrogens (tertiary/aromatic N) is 3. The first-order valence-corrected chi connectivity index (χ1v) is 13.1. The molecule has 10 heteroatoms. The van der Waals surface area contributed by atoms with Gasteiger partial charge in [-0.2, -0.15) is 9.57 Å². The van der Waals surface area contributed by atoms with Crippen LogP contribution in [0, 0.1) is 11.3 Å². The molecule has 0 saturated carbocycles. The monoisotopic (exact) mass is 509 g/mol. The van der Waals surface area contributed by atoms with E-state index >= 15 is 0 Å². The van der Waals surface area contributed by atoms with Gasteiger partial charge in [0, 0.05) is 29.2 Å². The average Bonchev–Trinajstić information content (AvgIpc) is 3.27. The Morgan fingerprint density at radius 2 is 1.82 bits per heavy atom. The van der Waals surface area contributed by atoms with E-state index in [9.17, 15) is 18.8 Å². The zero-order chi connectivity index (χ0) is 23.6. The first-order chi connectivity index (χ1) is 15.8. The molecule has 2 aliphatic rings. The number of likely N-dealkylation sites (tertiary alicyclic amines) is 1. The lowest BCUT2D eigenvalue weighted by atomic mass is 10.1. The van der Waals surface area contributed by atoms with Gasteiger partial charge in [0.15, 0.2) is 0 Å². The van der Waals surface area contributed by atoms with E-state index in [4.69, 9.17) is 27.9 Å². The van der Waals surface area contributed by atoms with E-state index in [1.807, 2.05) is 6.07 Å². The summed E-state index contributed by atoms with van der Waals surface area (Å²) < 4.78 is 35.3. The second kappa shape index (κ2) is 10.2. The molecule has 0 radical (unpaired) electrons. The fourth-order valence-corrected chi connectivity index (χ4v) is 6.96. The number of ether oxygens (including phenoxy) is 1. The number of piperidine rings is 1. The van der Waals surface area contributed by atoms with Crippen molar-refractivity contribution in [2.75, 3.05) is 19.7 Å². The number of hydrogen-bond acceptors (Lipinski definition) is 6. The third-order valence-corrected chi connectivity index (χ3v) is 8.52. The third kappa shape index (κ3) is 5.14. The maximum Gasteiger partial charge on any atom is 0.248 e. The summed E-state index contributed by atoms with van der Waals surface area (Å²) in [6.07, 6.45) is 3.76. The zero-order valence-electron chi connectivity index (χ0n) is 18.0. The lowest BCUT2D eigenvalue weighted by Crippen LogP contribution is -2.55. The molecule has 33 heavy (non-hydrogen) atoms. The number of nitriles is 1. The van der Waals surface area contributed by atoms with Gasteiger partial charge in [0.25, 0.3) is 0 Å². The van der Waals surface area contributed by atoms with Crippen molar-refractivity contribution < 1.29 is 18.3 Å². The fourth-order valence-electron chi connectivity index (χ4n) is 4.65. The first kappa shape index (κ1) is 24.3. The first-order valence-electron chi connectivity index (χ1n) is 10.9. The predicted molar refractivity (Wildman–Crippen MR) is 126 cm³/mol. The van der Waals surface area contributed by atoms with E-state index in [0.29, 0.717) is 28.8 Å². The van der Waals surface area contributed by atoms with Gasteiger partial charge in [-0.3, -0.25) is 4.90 Å². The summed E-state index contributed by atoms with van der Waals surface area (Å²) in [7, 11) is -4.02. The molecule has 176 valence electrons. The molecular formula is C23H25Cl2N3O4S.